The number of benzene rings is 1. The lowest BCUT2D eigenvalue weighted by Gasteiger charge is -2.44. The molecule has 1 aliphatic rings. The number of fused-ring (bicyclic) bond motifs is 1. The van der Waals surface area contributed by atoms with E-state index in [9.17, 15) is 19.1 Å². The molecule has 1 N–H and O–H groups in total. The summed E-state index contributed by atoms with van der Waals surface area (Å²) in [6, 6.07) is 6.39. The summed E-state index contributed by atoms with van der Waals surface area (Å²) in [7, 11) is 0. The number of nitrogens with zero attached hydrogens (tertiary/aromatic N) is 6. The second-order valence-electron chi connectivity index (χ2n) is 11.3. The van der Waals surface area contributed by atoms with Gasteiger partial charge in [0.2, 0.25) is 5.91 Å². The number of phenolic OH excluding ortho intramolecular Hbond substituents is 1. The van der Waals surface area contributed by atoms with E-state index in [4.69, 9.17) is 0 Å². The Kier molecular flexibility index (Phi) is 9.17. The van der Waals surface area contributed by atoms with Gasteiger partial charge in [-0.3, -0.25) is 9.78 Å². The first-order valence-corrected chi connectivity index (χ1v) is 14.2. The molecule has 0 radical (unpaired) electrons. The van der Waals surface area contributed by atoms with Crippen LogP contribution in [0.1, 0.15) is 63.6 Å². The van der Waals surface area contributed by atoms with Crippen molar-refractivity contribution in [2.45, 2.75) is 66.5 Å². The Bertz CT molecular complexity index is 1770. The summed E-state index contributed by atoms with van der Waals surface area (Å²) in [5, 5.41) is 10.6. The van der Waals surface area contributed by atoms with Gasteiger partial charge in [-0.05, 0) is 62.6 Å². The quantitative estimate of drug-likeness (QED) is 0.293. The van der Waals surface area contributed by atoms with Crippen LogP contribution in [0, 0.1) is 18.6 Å². The monoisotopic (exact) mass is 604 g/mol. The zero-order valence-corrected chi connectivity index (χ0v) is 24.8. The molecule has 0 spiro atoms. The average Bonchev–Trinajstić information content (AvgIpc) is 2.95. The number of pyridine rings is 2. The van der Waals surface area contributed by atoms with Crippen LogP contribution < -0.4 is 10.6 Å². The number of phenols is 1. The molecule has 3 aromatic heterocycles. The van der Waals surface area contributed by atoms with E-state index in [1.54, 1.807) is 17.2 Å². The minimum atomic E-state index is -0.739. The van der Waals surface area contributed by atoms with E-state index in [-0.39, 0.29) is 71.6 Å². The number of halogens is 2. The number of anilines is 1. The fourth-order valence-electron chi connectivity index (χ4n) is 5.92. The lowest BCUT2D eigenvalue weighted by Crippen LogP contribution is -2.58. The van der Waals surface area contributed by atoms with Crippen LogP contribution in [0.4, 0.5) is 14.6 Å². The fraction of sp³-hybridized carbons (Fsp3) is 0.364. The summed E-state index contributed by atoms with van der Waals surface area (Å²) < 4.78 is 31.8. The summed E-state index contributed by atoms with van der Waals surface area (Å²) in [5.74, 6) is -1.79. The van der Waals surface area contributed by atoms with Crippen molar-refractivity contribution in [2.75, 3.05) is 18.0 Å². The van der Waals surface area contributed by atoms with Crippen LogP contribution in [0.5, 0.6) is 5.75 Å². The van der Waals surface area contributed by atoms with Crippen LogP contribution in [0.25, 0.3) is 16.7 Å². The van der Waals surface area contributed by atoms with E-state index in [0.717, 1.165) is 5.56 Å². The number of aromatic hydroxyl groups is 1. The SMILES string of the molecule is C.C=CC(=O)N1[C@H](C)CN(c2nc(=O)n(-c3c(C)ccnc3C(C)C)c3nc(Cc4c(O)cccc4F)c(F)cc23)C[C@@H]1C. The molecule has 232 valence electrons. The second-order valence-corrected chi connectivity index (χ2v) is 11.3. The molecule has 9 nitrogen and oxygen atoms in total. The minimum absolute atomic E-state index is 0. The van der Waals surface area contributed by atoms with Gasteiger partial charge in [0.05, 0.1) is 22.5 Å². The summed E-state index contributed by atoms with van der Waals surface area (Å²) in [4.78, 5) is 43.7. The molecule has 4 heterocycles. The normalized spacial score (nSPS) is 16.7. The van der Waals surface area contributed by atoms with E-state index in [0.29, 0.717) is 24.5 Å². The number of hydrogen-bond acceptors (Lipinski definition) is 7. The maximum absolute atomic E-state index is 15.8. The molecule has 4 aromatic rings. The summed E-state index contributed by atoms with van der Waals surface area (Å²) in [6.07, 6.45) is 2.59. The third-order valence-electron chi connectivity index (χ3n) is 7.88. The summed E-state index contributed by atoms with van der Waals surface area (Å²) in [6.45, 7) is 13.8. The zero-order valence-electron chi connectivity index (χ0n) is 24.8. The van der Waals surface area contributed by atoms with E-state index < -0.39 is 17.3 Å². The topological polar surface area (TPSA) is 104 Å². The summed E-state index contributed by atoms with van der Waals surface area (Å²) >= 11 is 0. The maximum Gasteiger partial charge on any atom is 0.355 e. The molecule has 11 heteroatoms. The molecular weight excluding hydrogens is 566 g/mol. The van der Waals surface area contributed by atoms with Crippen LogP contribution in [0.3, 0.4) is 0 Å². The van der Waals surface area contributed by atoms with Crippen molar-refractivity contribution < 1.29 is 18.7 Å². The van der Waals surface area contributed by atoms with E-state index in [2.05, 4.69) is 21.5 Å². The number of rotatable bonds is 6. The molecule has 0 saturated carbocycles. The molecule has 2 atom stereocenters. The van der Waals surface area contributed by atoms with Gasteiger partial charge in [-0.2, -0.15) is 4.98 Å². The Hall–Kier alpha value is -4.67. The number of aromatic nitrogens is 4. The number of aryl methyl sites for hydroxylation is 1. The van der Waals surface area contributed by atoms with Crippen LogP contribution >= 0.6 is 0 Å². The molecule has 0 aliphatic carbocycles. The molecule has 5 rings (SSSR count). The third kappa shape index (κ3) is 5.66. The van der Waals surface area contributed by atoms with Gasteiger partial charge in [0.15, 0.2) is 5.65 Å². The van der Waals surface area contributed by atoms with E-state index in [1.165, 1.54) is 34.9 Å². The molecule has 1 aliphatic heterocycles. The molecule has 0 bridgehead atoms. The Morgan fingerprint density at radius 3 is 2.43 bits per heavy atom. The number of carbonyl (C=O) groups is 1. The van der Waals surface area contributed by atoms with Crippen molar-refractivity contribution in [3.63, 3.8) is 0 Å². The van der Waals surface area contributed by atoms with Gasteiger partial charge in [-0.15, -0.1) is 0 Å². The van der Waals surface area contributed by atoms with Crippen molar-refractivity contribution in [1.29, 1.82) is 0 Å². The third-order valence-corrected chi connectivity index (χ3v) is 7.88. The Labute approximate surface area is 255 Å². The lowest BCUT2D eigenvalue weighted by molar-refractivity contribution is -0.130. The maximum atomic E-state index is 15.8. The molecule has 1 saturated heterocycles. The molecule has 44 heavy (non-hydrogen) atoms. The van der Waals surface area contributed by atoms with Crippen molar-refractivity contribution in [2.24, 2.45) is 0 Å². The van der Waals surface area contributed by atoms with Gasteiger partial charge in [-0.1, -0.05) is 33.9 Å². The highest BCUT2D eigenvalue weighted by Gasteiger charge is 2.34. The van der Waals surface area contributed by atoms with Crippen molar-refractivity contribution >= 4 is 22.8 Å². The number of carbonyl (C=O) groups excluding carboxylic acids is 1. The van der Waals surface area contributed by atoms with Gasteiger partial charge in [0, 0.05) is 43.4 Å². The molecular formula is C33H38F2N6O3. The predicted molar refractivity (Wildman–Crippen MR) is 167 cm³/mol. The summed E-state index contributed by atoms with van der Waals surface area (Å²) in [5.41, 5.74) is 1.12. The zero-order chi connectivity index (χ0) is 31.2. The Balaban J connectivity index is 0.00000442. The van der Waals surface area contributed by atoms with Gasteiger partial charge in [0.25, 0.3) is 0 Å². The first kappa shape index (κ1) is 32.2. The van der Waals surface area contributed by atoms with Gasteiger partial charge in [0.1, 0.15) is 23.2 Å². The molecule has 1 fully saturated rings. The van der Waals surface area contributed by atoms with E-state index in [1.807, 2.05) is 39.5 Å². The molecule has 1 aromatic carbocycles. The highest BCUT2D eigenvalue weighted by atomic mass is 19.1. The van der Waals surface area contributed by atoms with Crippen LogP contribution in [0.15, 0.2) is 54.0 Å². The van der Waals surface area contributed by atoms with Crippen LogP contribution in [-0.2, 0) is 11.2 Å². The fourth-order valence-corrected chi connectivity index (χ4v) is 5.92. The van der Waals surface area contributed by atoms with Crippen LogP contribution in [0.2, 0.25) is 0 Å². The smallest absolute Gasteiger partial charge is 0.355 e. The minimum Gasteiger partial charge on any atom is -0.508 e. The number of piperazine rings is 1. The van der Waals surface area contributed by atoms with E-state index >= 15 is 4.39 Å². The number of hydrogen-bond donors (Lipinski definition) is 1. The van der Waals surface area contributed by atoms with Crippen molar-refractivity contribution in [3.05, 3.63) is 93.8 Å². The highest BCUT2D eigenvalue weighted by Crippen LogP contribution is 2.32. The molecule has 0 unspecified atom stereocenters. The first-order valence-electron chi connectivity index (χ1n) is 14.2. The Morgan fingerprint density at radius 1 is 1.14 bits per heavy atom. The van der Waals surface area contributed by atoms with Crippen molar-refractivity contribution in [3.8, 4) is 11.4 Å². The first-order chi connectivity index (χ1) is 20.4. The standard InChI is InChI=1S/C32H34F2N6O3.CH4/c1-7-27(42)39-19(5)15-38(16-20(39)6)30-22-13-24(34)25(14-21-23(33)9-8-10-26(21)41)36-31(22)40(32(43)37-30)29-18(4)11-12-35-28(29)17(2)3;/h7-13,17,19-20,41H,1,14-16H2,2-6H3;1H4/t19-,20+;. The van der Waals surface area contributed by atoms with Crippen molar-refractivity contribution in [1.82, 2.24) is 24.4 Å². The molecule has 1 amide bonds. The highest BCUT2D eigenvalue weighted by molar-refractivity contribution is 5.90. The second kappa shape index (κ2) is 12.5. The average molecular weight is 605 g/mol. The van der Waals surface area contributed by atoms with Gasteiger partial charge in [-0.25, -0.2) is 23.1 Å². The van der Waals surface area contributed by atoms with Gasteiger partial charge >= 0.3 is 5.69 Å². The predicted octanol–water partition coefficient (Wildman–Crippen LogP) is 5.43. The largest absolute Gasteiger partial charge is 0.508 e. The van der Waals surface area contributed by atoms with Gasteiger partial charge < -0.3 is 14.9 Å². The van der Waals surface area contributed by atoms with Crippen LogP contribution in [-0.4, -0.2) is 60.6 Å². The number of amides is 1. The Morgan fingerprint density at radius 2 is 1.82 bits per heavy atom. The lowest BCUT2D eigenvalue weighted by atomic mass is 10.0.